The standard InChI is InChI=1S/C14H10F3NO2/c1-20-13(19)8-12(14(15,16)17)18-7-6-10-4-2-3-5-11(10)9-18/h2-7,9H,1H3/p+1. The van der Waals surface area contributed by atoms with Gasteiger partial charge in [0.15, 0.2) is 12.4 Å². The summed E-state index contributed by atoms with van der Waals surface area (Å²) in [5, 5.41) is 10.6. The van der Waals surface area contributed by atoms with E-state index in [1.165, 1.54) is 12.4 Å². The number of alkyl halides is 3. The van der Waals surface area contributed by atoms with E-state index in [2.05, 4.69) is 4.74 Å². The molecule has 0 saturated heterocycles. The number of aliphatic hydroxyl groups excluding tert-OH is 1. The number of aromatic nitrogens is 1. The topological polar surface area (TPSA) is 33.3 Å². The lowest BCUT2D eigenvalue weighted by Crippen LogP contribution is -2.38. The fourth-order valence-electron chi connectivity index (χ4n) is 1.71. The number of halogens is 3. The van der Waals surface area contributed by atoms with Crippen molar-refractivity contribution in [3.8, 4) is 0 Å². The van der Waals surface area contributed by atoms with Crippen LogP contribution < -0.4 is 4.57 Å². The molecule has 0 radical (unpaired) electrons. The average molecular weight is 282 g/mol. The number of hydrogen-bond donors (Lipinski definition) is 1. The highest BCUT2D eigenvalue weighted by molar-refractivity contribution is 5.80. The Hall–Kier alpha value is -2.46. The van der Waals surface area contributed by atoms with E-state index >= 15 is 0 Å². The zero-order valence-corrected chi connectivity index (χ0v) is 10.5. The molecule has 6 heteroatoms. The Morgan fingerprint density at radius 1 is 1.20 bits per heavy atom. The molecule has 1 aromatic carbocycles. The number of methoxy groups -OCH3 is 1. The number of ether oxygens (including phenoxy) is 1. The van der Waals surface area contributed by atoms with Crippen molar-refractivity contribution >= 4 is 16.5 Å². The van der Waals surface area contributed by atoms with Gasteiger partial charge in [-0.1, -0.05) is 18.2 Å². The zero-order valence-electron chi connectivity index (χ0n) is 10.5. The SMILES string of the molecule is COC(O)=C=C([n+]1ccc2ccccc2c1)C(F)(F)F. The summed E-state index contributed by atoms with van der Waals surface area (Å²) < 4.78 is 44.2. The number of aliphatic hydroxyl groups is 1. The summed E-state index contributed by atoms with van der Waals surface area (Å²) in [6.07, 6.45) is -2.12. The van der Waals surface area contributed by atoms with E-state index in [-0.39, 0.29) is 0 Å². The van der Waals surface area contributed by atoms with Gasteiger partial charge in [0.05, 0.1) is 7.11 Å². The molecule has 104 valence electrons. The lowest BCUT2D eigenvalue weighted by atomic mass is 10.2. The van der Waals surface area contributed by atoms with Crippen molar-refractivity contribution < 1.29 is 27.6 Å². The van der Waals surface area contributed by atoms with Crippen LogP contribution in [0.3, 0.4) is 0 Å². The summed E-state index contributed by atoms with van der Waals surface area (Å²) >= 11 is 0. The Balaban J connectivity index is 2.67. The van der Waals surface area contributed by atoms with Crippen molar-refractivity contribution in [3.05, 3.63) is 54.4 Å². The van der Waals surface area contributed by atoms with Gasteiger partial charge in [-0.3, -0.25) is 0 Å². The molecule has 0 fully saturated rings. The quantitative estimate of drug-likeness (QED) is 0.521. The third-order valence-electron chi connectivity index (χ3n) is 2.63. The highest BCUT2D eigenvalue weighted by atomic mass is 19.4. The molecule has 1 heterocycles. The van der Waals surface area contributed by atoms with Gasteiger partial charge < -0.3 is 9.84 Å². The summed E-state index contributed by atoms with van der Waals surface area (Å²) in [7, 11) is 1.06. The van der Waals surface area contributed by atoms with Crippen LogP contribution in [0.15, 0.2) is 54.4 Å². The summed E-state index contributed by atoms with van der Waals surface area (Å²) in [4.78, 5) is 0. The van der Waals surface area contributed by atoms with Gasteiger partial charge in [-0.2, -0.15) is 17.7 Å². The van der Waals surface area contributed by atoms with Crippen LogP contribution in [0.2, 0.25) is 0 Å². The molecule has 0 atom stereocenters. The number of allylic oxidation sites excluding steroid dienone is 1. The van der Waals surface area contributed by atoms with Crippen LogP contribution in [0, 0.1) is 0 Å². The predicted molar refractivity (Wildman–Crippen MR) is 66.6 cm³/mol. The zero-order chi connectivity index (χ0) is 14.8. The first-order valence-electron chi connectivity index (χ1n) is 5.63. The fourth-order valence-corrected chi connectivity index (χ4v) is 1.71. The Morgan fingerprint density at radius 3 is 2.45 bits per heavy atom. The molecule has 2 aromatic rings. The first-order chi connectivity index (χ1) is 9.41. The summed E-state index contributed by atoms with van der Waals surface area (Å²) in [6.45, 7) is 0. The molecule has 1 aromatic heterocycles. The van der Waals surface area contributed by atoms with Crippen LogP contribution in [0.5, 0.6) is 0 Å². The van der Waals surface area contributed by atoms with Crippen LogP contribution in [0.25, 0.3) is 16.5 Å². The van der Waals surface area contributed by atoms with Crippen LogP contribution in [0.4, 0.5) is 13.2 Å². The maximum Gasteiger partial charge on any atom is 0.486 e. The van der Waals surface area contributed by atoms with Gasteiger partial charge in [-0.15, -0.1) is 0 Å². The summed E-state index contributed by atoms with van der Waals surface area (Å²) in [6, 6.07) is 8.56. The monoisotopic (exact) mass is 282 g/mol. The second kappa shape index (κ2) is 5.27. The van der Waals surface area contributed by atoms with Crippen LogP contribution >= 0.6 is 0 Å². The second-order valence-electron chi connectivity index (χ2n) is 3.96. The van der Waals surface area contributed by atoms with Crippen molar-refractivity contribution in [1.29, 1.82) is 0 Å². The lowest BCUT2D eigenvalue weighted by Gasteiger charge is -2.04. The predicted octanol–water partition coefficient (Wildman–Crippen LogP) is 3.18. The third-order valence-corrected chi connectivity index (χ3v) is 2.63. The molecule has 0 aliphatic heterocycles. The number of nitrogens with zero attached hydrogens (tertiary/aromatic N) is 1. The van der Waals surface area contributed by atoms with Gasteiger partial charge in [0.1, 0.15) is 0 Å². The molecule has 0 saturated carbocycles. The van der Waals surface area contributed by atoms with E-state index in [0.717, 1.165) is 17.1 Å². The molecule has 3 nitrogen and oxygen atoms in total. The normalized spacial score (nSPS) is 11.0. The van der Waals surface area contributed by atoms with E-state index in [1.807, 2.05) is 0 Å². The molecular weight excluding hydrogens is 271 g/mol. The summed E-state index contributed by atoms with van der Waals surface area (Å²) in [5.74, 6) is -0.932. The van der Waals surface area contributed by atoms with E-state index in [9.17, 15) is 13.2 Å². The largest absolute Gasteiger partial charge is 0.486 e. The molecule has 0 aliphatic rings. The minimum Gasteiger partial charge on any atom is -0.475 e. The van der Waals surface area contributed by atoms with Crippen molar-refractivity contribution in [2.24, 2.45) is 0 Å². The minimum absolute atomic E-state index is 0.635. The van der Waals surface area contributed by atoms with Gasteiger partial charge in [0.2, 0.25) is 0 Å². The van der Waals surface area contributed by atoms with Crippen LogP contribution in [-0.4, -0.2) is 18.4 Å². The average Bonchev–Trinajstić information content (AvgIpc) is 2.42. The highest BCUT2D eigenvalue weighted by Gasteiger charge is 2.43. The van der Waals surface area contributed by atoms with Gasteiger partial charge in [0.25, 0.3) is 0 Å². The summed E-state index contributed by atoms with van der Waals surface area (Å²) in [5.41, 5.74) is 0.628. The van der Waals surface area contributed by atoms with E-state index < -0.39 is 17.8 Å². The van der Waals surface area contributed by atoms with E-state index in [1.54, 1.807) is 36.1 Å². The number of hydrogen-bond acceptors (Lipinski definition) is 2. The Kier molecular flexibility index (Phi) is 3.68. The van der Waals surface area contributed by atoms with Gasteiger partial charge >= 0.3 is 17.8 Å². The molecule has 20 heavy (non-hydrogen) atoms. The van der Waals surface area contributed by atoms with Crippen molar-refractivity contribution in [3.63, 3.8) is 0 Å². The Morgan fingerprint density at radius 2 is 1.85 bits per heavy atom. The van der Waals surface area contributed by atoms with E-state index in [0.29, 0.717) is 5.39 Å². The molecule has 0 bridgehead atoms. The van der Waals surface area contributed by atoms with Crippen molar-refractivity contribution in [2.75, 3.05) is 7.11 Å². The Bertz CT molecular complexity index is 701. The highest BCUT2D eigenvalue weighted by Crippen LogP contribution is 2.25. The third kappa shape index (κ3) is 2.92. The number of pyridine rings is 1. The molecule has 0 aliphatic carbocycles. The minimum atomic E-state index is -4.68. The molecular formula is C14H11F3NO2+. The van der Waals surface area contributed by atoms with Gasteiger partial charge in [-0.05, 0) is 11.5 Å². The van der Waals surface area contributed by atoms with Crippen LogP contribution in [-0.2, 0) is 4.74 Å². The smallest absolute Gasteiger partial charge is 0.475 e. The second-order valence-corrected chi connectivity index (χ2v) is 3.96. The maximum absolute atomic E-state index is 13.0. The van der Waals surface area contributed by atoms with E-state index in [4.69, 9.17) is 5.11 Å². The fraction of sp³-hybridized carbons (Fsp3) is 0.143. The molecule has 1 N–H and O–H groups in total. The number of rotatable bonds is 2. The molecule has 0 unspecified atom stereocenters. The number of benzene rings is 1. The van der Waals surface area contributed by atoms with Crippen molar-refractivity contribution in [1.82, 2.24) is 0 Å². The first-order valence-corrected chi connectivity index (χ1v) is 5.63. The molecule has 0 spiro atoms. The number of fused-ring (bicyclic) bond motifs is 1. The van der Waals surface area contributed by atoms with Crippen molar-refractivity contribution in [2.45, 2.75) is 6.18 Å². The van der Waals surface area contributed by atoms with Gasteiger partial charge in [-0.25, -0.2) is 0 Å². The molecule has 0 amide bonds. The molecule has 2 rings (SSSR count). The van der Waals surface area contributed by atoms with Gasteiger partial charge in [0, 0.05) is 17.2 Å². The Labute approximate surface area is 112 Å². The lowest BCUT2D eigenvalue weighted by molar-refractivity contribution is -0.594. The maximum atomic E-state index is 13.0. The first kappa shape index (κ1) is 14.0. The van der Waals surface area contributed by atoms with Crippen LogP contribution in [0.1, 0.15) is 0 Å².